The first-order chi connectivity index (χ1) is 8.08. The van der Waals surface area contributed by atoms with E-state index in [4.69, 9.17) is 11.1 Å². The van der Waals surface area contributed by atoms with Gasteiger partial charge in [0.15, 0.2) is 0 Å². The third-order valence-electron chi connectivity index (χ3n) is 3.21. The van der Waals surface area contributed by atoms with Crippen molar-refractivity contribution in [3.63, 3.8) is 0 Å². The van der Waals surface area contributed by atoms with Gasteiger partial charge in [-0.25, -0.2) is 0 Å². The summed E-state index contributed by atoms with van der Waals surface area (Å²) in [6.45, 7) is 4.43. The van der Waals surface area contributed by atoms with Gasteiger partial charge in [0.25, 0.3) is 0 Å². The predicted octanol–water partition coefficient (Wildman–Crippen LogP) is 2.35. The summed E-state index contributed by atoms with van der Waals surface area (Å²) < 4.78 is 0. The van der Waals surface area contributed by atoms with Crippen molar-refractivity contribution in [2.75, 3.05) is 0 Å². The van der Waals surface area contributed by atoms with Gasteiger partial charge in [-0.15, -0.1) is 0 Å². The Bertz CT molecular complexity index is 402. The molecule has 1 aromatic rings. The molecule has 94 valence electrons. The SMILES string of the molecule is CC(C)Cc1[nH]nc(C2CC2)c1CCC(=N)N. The number of nitrogens with one attached hydrogen (secondary N) is 2. The van der Waals surface area contributed by atoms with E-state index in [2.05, 4.69) is 24.0 Å². The minimum atomic E-state index is 0.267. The molecule has 1 saturated carbocycles. The fourth-order valence-corrected chi connectivity index (χ4v) is 2.23. The summed E-state index contributed by atoms with van der Waals surface area (Å²) in [5, 5.41) is 15.0. The van der Waals surface area contributed by atoms with Crippen LogP contribution in [-0.2, 0) is 12.8 Å². The summed E-state index contributed by atoms with van der Waals surface area (Å²) in [5.41, 5.74) is 9.28. The average molecular weight is 234 g/mol. The molecule has 1 aliphatic rings. The summed E-state index contributed by atoms with van der Waals surface area (Å²) in [5.74, 6) is 1.55. The molecule has 1 fully saturated rings. The lowest BCUT2D eigenvalue weighted by Crippen LogP contribution is -2.11. The normalized spacial score (nSPS) is 15.5. The van der Waals surface area contributed by atoms with Crippen molar-refractivity contribution in [2.45, 2.75) is 51.9 Å². The molecule has 0 atom stereocenters. The molecule has 17 heavy (non-hydrogen) atoms. The van der Waals surface area contributed by atoms with E-state index in [9.17, 15) is 0 Å². The Kier molecular flexibility index (Phi) is 3.50. The van der Waals surface area contributed by atoms with Gasteiger partial charge in [-0.2, -0.15) is 5.10 Å². The lowest BCUT2D eigenvalue weighted by Gasteiger charge is -2.07. The fourth-order valence-electron chi connectivity index (χ4n) is 2.23. The van der Waals surface area contributed by atoms with Gasteiger partial charge in [0.1, 0.15) is 0 Å². The summed E-state index contributed by atoms with van der Waals surface area (Å²) >= 11 is 0. The van der Waals surface area contributed by atoms with Crippen LogP contribution in [-0.4, -0.2) is 16.0 Å². The number of H-pyrrole nitrogens is 1. The highest BCUT2D eigenvalue weighted by atomic mass is 15.1. The molecule has 1 heterocycles. The zero-order valence-electron chi connectivity index (χ0n) is 10.7. The van der Waals surface area contributed by atoms with Gasteiger partial charge in [0.2, 0.25) is 0 Å². The fraction of sp³-hybridized carbons (Fsp3) is 0.692. The number of nitrogens with two attached hydrogens (primary N) is 1. The number of hydrogen-bond donors (Lipinski definition) is 3. The highest BCUT2D eigenvalue weighted by Crippen LogP contribution is 2.41. The second kappa shape index (κ2) is 4.90. The van der Waals surface area contributed by atoms with Crippen LogP contribution in [0.4, 0.5) is 0 Å². The molecule has 0 unspecified atom stereocenters. The molecule has 1 aliphatic carbocycles. The first-order valence-corrected chi connectivity index (χ1v) is 6.46. The highest BCUT2D eigenvalue weighted by molar-refractivity contribution is 5.77. The minimum Gasteiger partial charge on any atom is -0.388 e. The lowest BCUT2D eigenvalue weighted by atomic mass is 9.98. The molecule has 2 rings (SSSR count). The Morgan fingerprint density at radius 2 is 2.24 bits per heavy atom. The predicted molar refractivity (Wildman–Crippen MR) is 69.3 cm³/mol. The molecule has 1 aromatic heterocycles. The van der Waals surface area contributed by atoms with Crippen LogP contribution >= 0.6 is 0 Å². The van der Waals surface area contributed by atoms with Crippen LogP contribution < -0.4 is 5.73 Å². The maximum absolute atomic E-state index is 7.35. The Morgan fingerprint density at radius 3 is 2.76 bits per heavy atom. The number of aromatic amines is 1. The molecular weight excluding hydrogens is 212 g/mol. The maximum atomic E-state index is 7.35. The Morgan fingerprint density at radius 1 is 1.53 bits per heavy atom. The lowest BCUT2D eigenvalue weighted by molar-refractivity contribution is 0.629. The topological polar surface area (TPSA) is 78.5 Å². The van der Waals surface area contributed by atoms with E-state index in [1.165, 1.54) is 29.8 Å². The Balaban J connectivity index is 2.16. The van der Waals surface area contributed by atoms with E-state index < -0.39 is 0 Å². The molecule has 0 radical (unpaired) electrons. The van der Waals surface area contributed by atoms with E-state index in [0.29, 0.717) is 18.3 Å². The largest absolute Gasteiger partial charge is 0.388 e. The van der Waals surface area contributed by atoms with Gasteiger partial charge < -0.3 is 5.73 Å². The van der Waals surface area contributed by atoms with Crippen molar-refractivity contribution in [3.05, 3.63) is 17.0 Å². The van der Waals surface area contributed by atoms with E-state index >= 15 is 0 Å². The van der Waals surface area contributed by atoms with E-state index in [1.807, 2.05) is 0 Å². The molecule has 0 aromatic carbocycles. The molecular formula is C13H22N4. The van der Waals surface area contributed by atoms with Crippen molar-refractivity contribution in [1.29, 1.82) is 5.41 Å². The molecule has 0 spiro atoms. The second-order valence-corrected chi connectivity index (χ2v) is 5.46. The second-order valence-electron chi connectivity index (χ2n) is 5.46. The average Bonchev–Trinajstić information content (AvgIpc) is 2.99. The monoisotopic (exact) mass is 234 g/mol. The molecule has 0 aliphatic heterocycles. The van der Waals surface area contributed by atoms with Crippen LogP contribution in [0.15, 0.2) is 0 Å². The Hall–Kier alpha value is -1.32. The highest BCUT2D eigenvalue weighted by Gasteiger charge is 2.29. The van der Waals surface area contributed by atoms with Gasteiger partial charge >= 0.3 is 0 Å². The number of rotatable bonds is 6. The van der Waals surface area contributed by atoms with Crippen molar-refractivity contribution < 1.29 is 0 Å². The molecule has 0 saturated heterocycles. The first kappa shape index (κ1) is 12.1. The summed E-state index contributed by atoms with van der Waals surface area (Å²) in [6, 6.07) is 0. The van der Waals surface area contributed by atoms with Gasteiger partial charge in [-0.1, -0.05) is 13.8 Å². The van der Waals surface area contributed by atoms with Gasteiger partial charge in [0.05, 0.1) is 11.5 Å². The number of hydrogen-bond acceptors (Lipinski definition) is 2. The van der Waals surface area contributed by atoms with Gasteiger partial charge in [0, 0.05) is 18.0 Å². The third kappa shape index (κ3) is 3.08. The summed E-state index contributed by atoms with van der Waals surface area (Å²) in [6.07, 6.45) is 5.06. The molecule has 4 N–H and O–H groups in total. The van der Waals surface area contributed by atoms with Crippen LogP contribution in [0.25, 0.3) is 0 Å². The molecule has 4 nitrogen and oxygen atoms in total. The number of amidine groups is 1. The number of nitrogens with zero attached hydrogens (tertiary/aromatic N) is 1. The van der Waals surface area contributed by atoms with Gasteiger partial charge in [-0.05, 0) is 37.2 Å². The first-order valence-electron chi connectivity index (χ1n) is 6.46. The van der Waals surface area contributed by atoms with E-state index in [-0.39, 0.29) is 5.84 Å². The standard InChI is InChI=1S/C13H22N4/c1-8(2)7-11-10(5-6-12(14)15)13(17-16-11)9-3-4-9/h8-9H,3-7H2,1-2H3,(H3,14,15)(H,16,17). The molecule has 0 amide bonds. The Labute approximate surface area is 102 Å². The molecule has 4 heteroatoms. The minimum absolute atomic E-state index is 0.267. The van der Waals surface area contributed by atoms with Crippen molar-refractivity contribution in [1.82, 2.24) is 10.2 Å². The summed E-state index contributed by atoms with van der Waals surface area (Å²) in [7, 11) is 0. The maximum Gasteiger partial charge on any atom is 0.0908 e. The third-order valence-corrected chi connectivity index (χ3v) is 3.21. The van der Waals surface area contributed by atoms with Gasteiger partial charge in [-0.3, -0.25) is 10.5 Å². The van der Waals surface area contributed by atoms with E-state index in [0.717, 1.165) is 12.8 Å². The van der Waals surface area contributed by atoms with Crippen molar-refractivity contribution in [3.8, 4) is 0 Å². The summed E-state index contributed by atoms with van der Waals surface area (Å²) in [4.78, 5) is 0. The molecule has 0 bridgehead atoms. The van der Waals surface area contributed by atoms with E-state index in [1.54, 1.807) is 0 Å². The zero-order chi connectivity index (χ0) is 12.4. The smallest absolute Gasteiger partial charge is 0.0908 e. The van der Waals surface area contributed by atoms with Crippen LogP contribution in [0, 0.1) is 11.3 Å². The van der Waals surface area contributed by atoms with Crippen molar-refractivity contribution >= 4 is 5.84 Å². The van der Waals surface area contributed by atoms with Crippen LogP contribution in [0.2, 0.25) is 0 Å². The van der Waals surface area contributed by atoms with Crippen LogP contribution in [0.1, 0.15) is 56.0 Å². The van der Waals surface area contributed by atoms with Crippen LogP contribution in [0.3, 0.4) is 0 Å². The number of aromatic nitrogens is 2. The van der Waals surface area contributed by atoms with Crippen molar-refractivity contribution in [2.24, 2.45) is 11.7 Å². The quantitative estimate of drug-likeness (QED) is 0.522. The zero-order valence-corrected chi connectivity index (χ0v) is 10.7. The van der Waals surface area contributed by atoms with Crippen LogP contribution in [0.5, 0.6) is 0 Å².